The monoisotopic (exact) mass is 1310 g/mol. The fraction of sp³-hybridized carbons (Fsp3) is 0.364. The zero-order valence-electron chi connectivity index (χ0n) is 41.2. The van der Waals surface area contributed by atoms with Crippen molar-refractivity contribution in [2.45, 2.75) is 105 Å². The molecular formula is C44H56Ag2F12N16P2. The topological polar surface area (TPSA) is 138 Å². The van der Waals surface area contributed by atoms with E-state index in [1.807, 2.05) is 67.8 Å². The molecule has 0 radical (unpaired) electrons. The van der Waals surface area contributed by atoms with Gasteiger partial charge in [-0.25, -0.2) is 39.9 Å². The molecule has 0 aliphatic carbocycles. The number of halogens is 12. The second kappa shape index (κ2) is 30.0. The first kappa shape index (κ1) is 68.7. The van der Waals surface area contributed by atoms with Gasteiger partial charge < -0.3 is 18.3 Å². The molecular weight excluding hydrogens is 1260 g/mol. The number of hydrogen-bond acceptors (Lipinski definition) is 8. The summed E-state index contributed by atoms with van der Waals surface area (Å²) in [6, 6.07) is 7.21. The maximum atomic E-state index is 9.87. The summed E-state index contributed by atoms with van der Waals surface area (Å²) in [5.41, 5.74) is 0. The zero-order valence-corrected chi connectivity index (χ0v) is 46.0. The average Bonchev–Trinajstić information content (AvgIpc) is 4.20. The fourth-order valence-corrected chi connectivity index (χ4v) is 5.33. The minimum atomic E-state index is -10.7. The van der Waals surface area contributed by atoms with E-state index in [1.165, 1.54) is 51.4 Å². The molecule has 428 valence electrons. The van der Waals surface area contributed by atoms with Crippen molar-refractivity contribution in [3.05, 3.63) is 149 Å². The minimum Gasteiger partial charge on any atom is 1.00 e. The Morgan fingerprint density at radius 3 is 0.645 bits per heavy atom. The van der Waals surface area contributed by atoms with Crippen molar-refractivity contribution in [1.82, 2.24) is 58.1 Å². The van der Waals surface area contributed by atoms with Gasteiger partial charge in [0.15, 0.2) is 0 Å². The average molecular weight is 1310 g/mol. The molecule has 0 aromatic carbocycles. The second-order valence-electron chi connectivity index (χ2n) is 15.4. The number of imidazole rings is 4. The molecule has 0 aliphatic rings. The summed E-state index contributed by atoms with van der Waals surface area (Å²) in [7, 11) is -21.3. The maximum Gasteiger partial charge on any atom is 1.00 e. The third kappa shape index (κ3) is 35.1. The van der Waals surface area contributed by atoms with Crippen molar-refractivity contribution in [2.24, 2.45) is 0 Å². The molecule has 32 heteroatoms. The quantitative estimate of drug-likeness (QED) is 0.0306. The van der Waals surface area contributed by atoms with Gasteiger partial charge in [0.05, 0.1) is 26.2 Å². The molecule has 0 saturated heterocycles. The van der Waals surface area contributed by atoms with Crippen molar-refractivity contribution in [1.29, 1.82) is 0 Å². The fourth-order valence-electron chi connectivity index (χ4n) is 5.33. The predicted molar refractivity (Wildman–Crippen MR) is 248 cm³/mol. The van der Waals surface area contributed by atoms with Crippen LogP contribution in [-0.4, -0.2) is 58.1 Å². The smallest absolute Gasteiger partial charge is 1.00 e. The van der Waals surface area contributed by atoms with Crippen LogP contribution < -0.4 is 18.3 Å². The first-order chi connectivity index (χ1) is 34.5. The van der Waals surface area contributed by atoms with Gasteiger partial charge in [0.1, 0.15) is 0 Å². The Hall–Kier alpha value is -5.34. The molecule has 0 atom stereocenters. The summed E-state index contributed by atoms with van der Waals surface area (Å²) in [5.74, 6) is 2.64. The molecule has 0 bridgehead atoms. The van der Waals surface area contributed by atoms with Gasteiger partial charge in [-0.15, -0.1) is 0 Å². The van der Waals surface area contributed by atoms with E-state index in [0.717, 1.165) is 26.2 Å². The Balaban J connectivity index is 0.000000465. The van der Waals surface area contributed by atoms with Crippen LogP contribution >= 0.6 is 15.6 Å². The summed E-state index contributed by atoms with van der Waals surface area (Å²) >= 11 is 0. The van der Waals surface area contributed by atoms with Gasteiger partial charge in [-0.3, -0.25) is 18.3 Å². The number of unbranched alkanes of at least 4 members (excludes halogenated alkanes) is 4. The van der Waals surface area contributed by atoms with Crippen LogP contribution in [0.1, 0.15) is 79.1 Å². The molecule has 0 N–H and O–H groups in total. The van der Waals surface area contributed by atoms with E-state index in [4.69, 9.17) is 0 Å². The molecule has 8 heterocycles. The standard InChI is InChI=1S/4C11H14N4.2Ag.2F6P/c4*1-2-3-7-14-8-9-15(10-14)11-12-5-4-6-13-11;;;2*1-7(2,3,4,5)6/h4*4-6,8-9H,2-3,7H2,1H3;;;;/q;;;;2*+1;2*-1. The number of rotatable bonds is 16. The molecule has 0 unspecified atom stereocenters. The summed E-state index contributed by atoms with van der Waals surface area (Å²) in [4.78, 5) is 33.2. The van der Waals surface area contributed by atoms with Crippen LogP contribution in [0.2, 0.25) is 0 Å². The molecule has 8 aromatic heterocycles. The van der Waals surface area contributed by atoms with Crippen LogP contribution in [0.5, 0.6) is 0 Å². The summed E-state index contributed by atoms with van der Waals surface area (Å²) in [6.45, 7) is 12.7. The molecule has 8 aromatic rings. The van der Waals surface area contributed by atoms with E-state index in [2.05, 4.69) is 92.9 Å². The molecule has 0 spiro atoms. The molecule has 0 amide bonds. The molecule has 0 aliphatic heterocycles. The molecule has 16 nitrogen and oxygen atoms in total. The van der Waals surface area contributed by atoms with E-state index in [9.17, 15) is 50.4 Å². The maximum absolute atomic E-state index is 10.7. The Morgan fingerprint density at radius 1 is 0.342 bits per heavy atom. The van der Waals surface area contributed by atoms with Crippen molar-refractivity contribution in [2.75, 3.05) is 0 Å². The number of nitrogens with zero attached hydrogens (tertiary/aromatic N) is 16. The van der Waals surface area contributed by atoms with E-state index < -0.39 is 15.6 Å². The van der Waals surface area contributed by atoms with Crippen LogP contribution in [0, 0.1) is 25.3 Å². The van der Waals surface area contributed by atoms with Crippen molar-refractivity contribution < 1.29 is 113 Å². The van der Waals surface area contributed by atoms with E-state index in [-0.39, 0.29) is 44.8 Å². The van der Waals surface area contributed by atoms with Gasteiger partial charge in [0, 0.05) is 99.1 Å². The molecule has 0 fully saturated rings. The Kier molecular flexibility index (Phi) is 27.1. The van der Waals surface area contributed by atoms with Crippen molar-refractivity contribution in [3.63, 3.8) is 0 Å². The van der Waals surface area contributed by atoms with E-state index in [1.54, 1.807) is 92.1 Å². The molecule has 0 saturated carbocycles. The Labute approximate surface area is 462 Å². The Morgan fingerprint density at radius 2 is 0.500 bits per heavy atom. The van der Waals surface area contributed by atoms with Crippen molar-refractivity contribution in [3.8, 4) is 23.8 Å². The van der Waals surface area contributed by atoms with Crippen LogP contribution in [0.25, 0.3) is 23.8 Å². The van der Waals surface area contributed by atoms with Gasteiger partial charge in [-0.05, 0) is 49.9 Å². The summed E-state index contributed by atoms with van der Waals surface area (Å²) in [5, 5.41) is 0. The van der Waals surface area contributed by atoms with E-state index in [0.29, 0.717) is 23.8 Å². The van der Waals surface area contributed by atoms with Crippen LogP contribution in [0.4, 0.5) is 50.4 Å². The third-order valence-electron chi connectivity index (χ3n) is 8.61. The summed E-state index contributed by atoms with van der Waals surface area (Å²) in [6.07, 6.45) is 51.6. The SMILES string of the molecule is CCCC[n+]1[c-]n(-c2ncccn2)cc1.CCCC[n+]1[c-]n(-c2ncccn2)cc1.CCCC[n+]1[c-]n(-c2ncccn2)cc1.CCCC[n+]1[c-]n(-c2ncccn2)cc1.F[P-](F)(F)(F)(F)F.F[P-](F)(F)(F)(F)F.[Ag+].[Ag+]. The van der Waals surface area contributed by atoms with Gasteiger partial charge in [-0.2, -0.15) is 0 Å². The van der Waals surface area contributed by atoms with Crippen LogP contribution in [-0.2, 0) is 70.9 Å². The van der Waals surface area contributed by atoms with Gasteiger partial charge in [0.2, 0.25) is 49.1 Å². The van der Waals surface area contributed by atoms with E-state index >= 15 is 0 Å². The van der Waals surface area contributed by atoms with Crippen LogP contribution in [0.15, 0.2) is 123 Å². The second-order valence-corrected chi connectivity index (χ2v) is 19.2. The van der Waals surface area contributed by atoms with Gasteiger partial charge in [0.25, 0.3) is 0 Å². The minimum absolute atomic E-state index is 0. The molecule has 76 heavy (non-hydrogen) atoms. The normalized spacial score (nSPS) is 12.5. The Bertz CT molecular complexity index is 2420. The number of aromatic nitrogens is 16. The third-order valence-corrected chi connectivity index (χ3v) is 8.61. The number of hydrogen-bond donors (Lipinski definition) is 0. The van der Waals surface area contributed by atoms with Crippen LogP contribution in [0.3, 0.4) is 0 Å². The first-order valence-electron chi connectivity index (χ1n) is 22.7. The predicted octanol–water partition coefficient (Wildman–Crippen LogP) is 11.4. The largest absolute Gasteiger partial charge is 1.00 e. The first-order valence-corrected chi connectivity index (χ1v) is 26.8. The van der Waals surface area contributed by atoms with Crippen molar-refractivity contribution >= 4 is 15.6 Å². The zero-order chi connectivity index (χ0) is 54.9. The van der Waals surface area contributed by atoms with Gasteiger partial charge in [-0.1, -0.05) is 53.4 Å². The summed E-state index contributed by atoms with van der Waals surface area (Å²) < 4.78 is 134. The number of aryl methyl sites for hydroxylation is 4. The van der Waals surface area contributed by atoms with Gasteiger partial charge >= 0.3 is 111 Å². The molecule has 8 rings (SSSR count).